The summed E-state index contributed by atoms with van der Waals surface area (Å²) in [5, 5.41) is 2.93. The zero-order valence-corrected chi connectivity index (χ0v) is 18.1. The number of benzene rings is 2. The molecule has 0 spiro atoms. The standard InChI is InChI=1S/C23H28N2O3S/c1-4-27-20-14-18(23(29)25-12-5-6-13-25)10-11-19(20)28-15-21(26)24-22-16(2)8-7-9-17(22)3/h7-11,14H,4-6,12-13,15H2,1-3H3,(H,24,26). The minimum atomic E-state index is -0.207. The predicted octanol–water partition coefficient (Wildman–Crippen LogP) is 4.49. The number of para-hydroxylation sites is 1. The molecule has 1 heterocycles. The Morgan fingerprint density at radius 2 is 1.76 bits per heavy atom. The van der Waals surface area contributed by atoms with E-state index in [-0.39, 0.29) is 12.5 Å². The van der Waals surface area contributed by atoms with Gasteiger partial charge in [-0.1, -0.05) is 30.4 Å². The van der Waals surface area contributed by atoms with Crippen molar-refractivity contribution in [3.8, 4) is 11.5 Å². The van der Waals surface area contributed by atoms with Crippen LogP contribution in [0.25, 0.3) is 0 Å². The second kappa shape index (κ2) is 9.74. The molecule has 154 valence electrons. The first-order valence-electron chi connectivity index (χ1n) is 10.0. The van der Waals surface area contributed by atoms with Crippen LogP contribution in [-0.2, 0) is 4.79 Å². The predicted molar refractivity (Wildman–Crippen MR) is 120 cm³/mol. The Hall–Kier alpha value is -2.60. The maximum atomic E-state index is 12.4. The molecule has 0 aliphatic carbocycles. The van der Waals surface area contributed by atoms with Gasteiger partial charge in [0.25, 0.3) is 5.91 Å². The number of anilines is 1. The SMILES string of the molecule is CCOc1cc(C(=S)N2CCCC2)ccc1OCC(=O)Nc1c(C)cccc1C. The van der Waals surface area contributed by atoms with Gasteiger partial charge >= 0.3 is 0 Å². The van der Waals surface area contributed by atoms with E-state index < -0.39 is 0 Å². The molecular formula is C23H28N2O3S. The number of nitrogens with zero attached hydrogens (tertiary/aromatic N) is 1. The minimum Gasteiger partial charge on any atom is -0.490 e. The summed E-state index contributed by atoms with van der Waals surface area (Å²) in [6.07, 6.45) is 2.35. The largest absolute Gasteiger partial charge is 0.490 e. The van der Waals surface area contributed by atoms with Crippen molar-refractivity contribution in [3.05, 3.63) is 53.1 Å². The van der Waals surface area contributed by atoms with Crippen molar-refractivity contribution < 1.29 is 14.3 Å². The molecule has 1 aliphatic rings. The number of carbonyl (C=O) groups excluding carboxylic acids is 1. The van der Waals surface area contributed by atoms with E-state index in [1.54, 1.807) is 0 Å². The number of amides is 1. The number of hydrogen-bond acceptors (Lipinski definition) is 4. The van der Waals surface area contributed by atoms with Crippen molar-refractivity contribution in [2.45, 2.75) is 33.6 Å². The van der Waals surface area contributed by atoms with Gasteiger partial charge in [0, 0.05) is 24.3 Å². The van der Waals surface area contributed by atoms with E-state index in [2.05, 4.69) is 10.2 Å². The highest BCUT2D eigenvalue weighted by molar-refractivity contribution is 7.80. The van der Waals surface area contributed by atoms with Gasteiger partial charge in [0.1, 0.15) is 4.99 Å². The lowest BCUT2D eigenvalue weighted by molar-refractivity contribution is -0.118. The van der Waals surface area contributed by atoms with Crippen LogP contribution < -0.4 is 14.8 Å². The monoisotopic (exact) mass is 412 g/mol. The van der Waals surface area contributed by atoms with E-state index in [1.165, 1.54) is 12.8 Å². The number of rotatable bonds is 7. The first-order valence-corrected chi connectivity index (χ1v) is 10.5. The summed E-state index contributed by atoms with van der Waals surface area (Å²) in [5.41, 5.74) is 3.82. The fraction of sp³-hybridized carbons (Fsp3) is 0.391. The molecule has 1 saturated heterocycles. The number of aryl methyl sites for hydroxylation is 2. The summed E-state index contributed by atoms with van der Waals surface area (Å²) in [4.78, 5) is 15.5. The molecule has 29 heavy (non-hydrogen) atoms. The molecule has 0 aromatic heterocycles. The summed E-state index contributed by atoms with van der Waals surface area (Å²) in [5.74, 6) is 0.935. The molecule has 3 rings (SSSR count). The van der Waals surface area contributed by atoms with Crippen molar-refractivity contribution in [2.24, 2.45) is 0 Å². The van der Waals surface area contributed by atoms with Crippen LogP contribution in [-0.4, -0.2) is 42.1 Å². The zero-order chi connectivity index (χ0) is 20.8. The molecule has 1 amide bonds. The molecule has 1 fully saturated rings. The highest BCUT2D eigenvalue weighted by atomic mass is 32.1. The molecule has 0 atom stereocenters. The Kier molecular flexibility index (Phi) is 7.09. The molecular weight excluding hydrogens is 384 g/mol. The number of likely N-dealkylation sites (tertiary alicyclic amines) is 1. The Balaban J connectivity index is 1.68. The van der Waals surface area contributed by atoms with Crippen molar-refractivity contribution >= 4 is 28.8 Å². The molecule has 0 bridgehead atoms. The molecule has 0 radical (unpaired) electrons. The van der Waals surface area contributed by atoms with Crippen LogP contribution in [0, 0.1) is 13.8 Å². The Bertz CT molecular complexity index is 871. The maximum absolute atomic E-state index is 12.4. The Morgan fingerprint density at radius 3 is 2.41 bits per heavy atom. The Labute approximate surface area is 178 Å². The maximum Gasteiger partial charge on any atom is 0.262 e. The molecule has 1 N–H and O–H groups in total. The van der Waals surface area contributed by atoms with Gasteiger partial charge < -0.3 is 19.7 Å². The van der Waals surface area contributed by atoms with Gasteiger partial charge in [0.05, 0.1) is 6.61 Å². The highest BCUT2D eigenvalue weighted by Crippen LogP contribution is 2.30. The first-order chi connectivity index (χ1) is 14.0. The molecule has 0 saturated carbocycles. The van der Waals surface area contributed by atoms with Crippen LogP contribution in [0.3, 0.4) is 0 Å². The van der Waals surface area contributed by atoms with Crippen molar-refractivity contribution in [1.82, 2.24) is 4.90 Å². The number of thiocarbonyl (C=S) groups is 1. The average molecular weight is 413 g/mol. The summed E-state index contributed by atoms with van der Waals surface area (Å²) in [6, 6.07) is 11.6. The van der Waals surface area contributed by atoms with Crippen molar-refractivity contribution in [2.75, 3.05) is 31.6 Å². The fourth-order valence-corrected chi connectivity index (χ4v) is 3.77. The third-order valence-corrected chi connectivity index (χ3v) is 5.48. The Morgan fingerprint density at radius 1 is 1.07 bits per heavy atom. The number of carbonyl (C=O) groups is 1. The highest BCUT2D eigenvalue weighted by Gasteiger charge is 2.18. The lowest BCUT2D eigenvalue weighted by atomic mass is 10.1. The smallest absolute Gasteiger partial charge is 0.262 e. The van der Waals surface area contributed by atoms with Crippen LogP contribution in [0.1, 0.15) is 36.5 Å². The molecule has 2 aromatic carbocycles. The topological polar surface area (TPSA) is 50.8 Å². The lowest BCUT2D eigenvalue weighted by Crippen LogP contribution is -2.26. The van der Waals surface area contributed by atoms with E-state index in [0.717, 1.165) is 40.5 Å². The quantitative estimate of drug-likeness (QED) is 0.679. The van der Waals surface area contributed by atoms with E-state index in [4.69, 9.17) is 21.7 Å². The summed E-state index contributed by atoms with van der Waals surface area (Å²) < 4.78 is 11.5. The van der Waals surface area contributed by atoms with Crippen molar-refractivity contribution in [3.63, 3.8) is 0 Å². The summed E-state index contributed by atoms with van der Waals surface area (Å²) >= 11 is 5.64. The third kappa shape index (κ3) is 5.26. The summed E-state index contributed by atoms with van der Waals surface area (Å²) in [7, 11) is 0. The average Bonchev–Trinajstić information content (AvgIpc) is 3.24. The van der Waals surface area contributed by atoms with Gasteiger partial charge in [-0.05, 0) is 62.9 Å². The van der Waals surface area contributed by atoms with Gasteiger partial charge in [-0.25, -0.2) is 0 Å². The second-order valence-corrected chi connectivity index (χ2v) is 7.58. The zero-order valence-electron chi connectivity index (χ0n) is 17.3. The number of hydrogen-bond donors (Lipinski definition) is 1. The number of nitrogens with one attached hydrogen (secondary N) is 1. The van der Waals surface area contributed by atoms with E-state index >= 15 is 0 Å². The van der Waals surface area contributed by atoms with E-state index in [0.29, 0.717) is 18.1 Å². The van der Waals surface area contributed by atoms with E-state index in [9.17, 15) is 4.79 Å². The van der Waals surface area contributed by atoms with E-state index in [1.807, 2.05) is 57.2 Å². The van der Waals surface area contributed by atoms with Gasteiger partial charge in [-0.15, -0.1) is 0 Å². The summed E-state index contributed by atoms with van der Waals surface area (Å²) in [6.45, 7) is 8.27. The van der Waals surface area contributed by atoms with Crippen LogP contribution in [0.5, 0.6) is 11.5 Å². The van der Waals surface area contributed by atoms with Crippen LogP contribution in [0.4, 0.5) is 5.69 Å². The van der Waals surface area contributed by atoms with Crippen LogP contribution in [0.2, 0.25) is 0 Å². The van der Waals surface area contributed by atoms with Crippen molar-refractivity contribution in [1.29, 1.82) is 0 Å². The van der Waals surface area contributed by atoms with Gasteiger partial charge in [-0.2, -0.15) is 0 Å². The molecule has 0 unspecified atom stereocenters. The molecule has 6 heteroatoms. The van der Waals surface area contributed by atoms with Gasteiger partial charge in [0.15, 0.2) is 18.1 Å². The first kappa shape index (κ1) is 21.1. The number of ether oxygens (including phenoxy) is 2. The molecule has 5 nitrogen and oxygen atoms in total. The molecule has 2 aromatic rings. The second-order valence-electron chi connectivity index (χ2n) is 7.20. The third-order valence-electron chi connectivity index (χ3n) is 4.99. The van der Waals surface area contributed by atoms with Crippen LogP contribution >= 0.6 is 12.2 Å². The molecule has 1 aliphatic heterocycles. The fourth-order valence-electron chi connectivity index (χ4n) is 3.46. The van der Waals surface area contributed by atoms with Gasteiger partial charge in [0.2, 0.25) is 0 Å². The normalized spacial score (nSPS) is 13.3. The minimum absolute atomic E-state index is 0.0935. The van der Waals surface area contributed by atoms with Crippen LogP contribution in [0.15, 0.2) is 36.4 Å². The lowest BCUT2D eigenvalue weighted by Gasteiger charge is -2.20. The van der Waals surface area contributed by atoms with Gasteiger partial charge in [-0.3, -0.25) is 4.79 Å².